The molecule has 4 heteroatoms. The van der Waals surface area contributed by atoms with Crippen molar-refractivity contribution in [3.8, 4) is 0 Å². The number of carbonyl (C=O) groups excluding carboxylic acids is 1. The summed E-state index contributed by atoms with van der Waals surface area (Å²) in [5.41, 5.74) is -1.32. The minimum atomic E-state index is -0.901. The van der Waals surface area contributed by atoms with E-state index in [1.807, 2.05) is 13.8 Å². The van der Waals surface area contributed by atoms with Crippen molar-refractivity contribution in [3.05, 3.63) is 0 Å². The molecule has 1 rings (SSSR count). The zero-order valence-electron chi connectivity index (χ0n) is 10.7. The topological polar surface area (TPSA) is 44.8 Å². The summed E-state index contributed by atoms with van der Waals surface area (Å²) in [6.07, 6.45) is 4.28. The van der Waals surface area contributed by atoms with Gasteiger partial charge in [-0.05, 0) is 33.6 Å². The van der Waals surface area contributed by atoms with Gasteiger partial charge in [0.25, 0.3) is 0 Å². The molecule has 0 N–H and O–H groups in total. The van der Waals surface area contributed by atoms with Gasteiger partial charge in [-0.3, -0.25) is 0 Å². The molecule has 1 heterocycles. The predicted molar refractivity (Wildman–Crippen MR) is 59.8 cm³/mol. The molecule has 4 nitrogen and oxygen atoms in total. The van der Waals surface area contributed by atoms with E-state index in [2.05, 4.69) is 11.8 Å². The van der Waals surface area contributed by atoms with Crippen LogP contribution in [0.5, 0.6) is 0 Å². The highest BCUT2D eigenvalue weighted by Gasteiger charge is 2.47. The monoisotopic (exact) mass is 230 g/mol. The molecule has 0 saturated carbocycles. The quantitative estimate of drug-likeness (QED) is 0.400. The summed E-state index contributed by atoms with van der Waals surface area (Å²) in [7, 11) is 0. The van der Waals surface area contributed by atoms with Crippen molar-refractivity contribution < 1.29 is 19.3 Å². The van der Waals surface area contributed by atoms with Crippen molar-refractivity contribution in [2.45, 2.75) is 64.6 Å². The number of ether oxygens (including phenoxy) is 1. The average molecular weight is 230 g/mol. The van der Waals surface area contributed by atoms with E-state index < -0.39 is 11.2 Å². The maximum atomic E-state index is 11.8. The van der Waals surface area contributed by atoms with E-state index in [4.69, 9.17) is 9.62 Å². The molecule has 1 unspecified atom stereocenters. The summed E-state index contributed by atoms with van der Waals surface area (Å²) >= 11 is 0. The maximum Gasteiger partial charge on any atom is 0.344 e. The van der Waals surface area contributed by atoms with Crippen molar-refractivity contribution in [3.63, 3.8) is 0 Å². The standard InChI is InChI=1S/C12H22O4/c1-5-6-7-8-11(2,3)15-10(13)12(4)9-14-16-12/h5-9H2,1-4H3. The number of hydrogen-bond acceptors (Lipinski definition) is 4. The van der Waals surface area contributed by atoms with Crippen LogP contribution in [0, 0.1) is 0 Å². The third-order valence-electron chi connectivity index (χ3n) is 2.76. The zero-order valence-corrected chi connectivity index (χ0v) is 10.7. The van der Waals surface area contributed by atoms with Crippen molar-refractivity contribution in [2.24, 2.45) is 0 Å². The number of unbranched alkanes of at least 4 members (excludes halogenated alkanes) is 2. The molecule has 1 aliphatic rings. The zero-order chi connectivity index (χ0) is 12.2. The Bertz CT molecular complexity index is 243. The molecule has 0 amide bonds. The Labute approximate surface area is 97.2 Å². The largest absolute Gasteiger partial charge is 0.457 e. The van der Waals surface area contributed by atoms with Crippen LogP contribution >= 0.6 is 0 Å². The van der Waals surface area contributed by atoms with Crippen LogP contribution in [0.15, 0.2) is 0 Å². The first-order chi connectivity index (χ1) is 7.40. The Balaban J connectivity index is 2.36. The van der Waals surface area contributed by atoms with Crippen LogP contribution < -0.4 is 0 Å². The summed E-state index contributed by atoms with van der Waals surface area (Å²) in [5, 5.41) is 0. The van der Waals surface area contributed by atoms with Gasteiger partial charge in [0.05, 0.1) is 0 Å². The summed E-state index contributed by atoms with van der Waals surface area (Å²) < 4.78 is 5.45. The first-order valence-corrected chi connectivity index (χ1v) is 5.94. The van der Waals surface area contributed by atoms with E-state index in [1.165, 1.54) is 6.42 Å². The summed E-state index contributed by atoms with van der Waals surface area (Å²) in [6.45, 7) is 7.98. The lowest BCUT2D eigenvalue weighted by molar-refractivity contribution is -0.454. The molecule has 0 bridgehead atoms. The van der Waals surface area contributed by atoms with Gasteiger partial charge in [0.1, 0.15) is 12.2 Å². The van der Waals surface area contributed by atoms with Crippen molar-refractivity contribution >= 4 is 5.97 Å². The molecule has 0 spiro atoms. The maximum absolute atomic E-state index is 11.8. The Morgan fingerprint density at radius 3 is 2.50 bits per heavy atom. The van der Waals surface area contributed by atoms with Gasteiger partial charge in [-0.1, -0.05) is 19.8 Å². The highest BCUT2D eigenvalue weighted by molar-refractivity contribution is 5.80. The van der Waals surface area contributed by atoms with E-state index in [0.29, 0.717) is 0 Å². The molecule has 1 aliphatic heterocycles. The number of esters is 1. The average Bonchev–Trinajstić information content (AvgIpc) is 2.13. The van der Waals surface area contributed by atoms with Gasteiger partial charge >= 0.3 is 5.97 Å². The fourth-order valence-electron chi connectivity index (χ4n) is 1.54. The van der Waals surface area contributed by atoms with Crippen LogP contribution in [0.2, 0.25) is 0 Å². The Morgan fingerprint density at radius 1 is 1.44 bits per heavy atom. The van der Waals surface area contributed by atoms with Gasteiger partial charge in [-0.25, -0.2) is 14.6 Å². The van der Waals surface area contributed by atoms with E-state index in [1.54, 1.807) is 6.92 Å². The van der Waals surface area contributed by atoms with Gasteiger partial charge in [0.15, 0.2) is 0 Å². The molecule has 0 aromatic carbocycles. The predicted octanol–water partition coefficient (Wildman–Crippen LogP) is 2.61. The van der Waals surface area contributed by atoms with Gasteiger partial charge in [0.2, 0.25) is 5.60 Å². The molecule has 1 atom stereocenters. The van der Waals surface area contributed by atoms with Crippen LogP contribution in [0.25, 0.3) is 0 Å². The minimum Gasteiger partial charge on any atom is -0.457 e. The minimum absolute atomic E-state index is 0.275. The molecule has 16 heavy (non-hydrogen) atoms. The van der Waals surface area contributed by atoms with Crippen LogP contribution in [-0.4, -0.2) is 23.8 Å². The lowest BCUT2D eigenvalue weighted by atomic mass is 9.99. The molecular weight excluding hydrogens is 208 g/mol. The lowest BCUT2D eigenvalue weighted by Crippen LogP contribution is -2.54. The Morgan fingerprint density at radius 2 is 2.06 bits per heavy atom. The first-order valence-electron chi connectivity index (χ1n) is 5.94. The third kappa shape index (κ3) is 3.46. The van der Waals surface area contributed by atoms with Gasteiger partial charge < -0.3 is 4.74 Å². The van der Waals surface area contributed by atoms with Gasteiger partial charge in [-0.15, -0.1) is 0 Å². The molecule has 0 aromatic heterocycles. The molecule has 0 aliphatic carbocycles. The van der Waals surface area contributed by atoms with Crippen LogP contribution in [-0.2, 0) is 19.3 Å². The van der Waals surface area contributed by atoms with Crippen LogP contribution in [0.3, 0.4) is 0 Å². The molecule has 94 valence electrons. The summed E-state index contributed by atoms with van der Waals surface area (Å²) in [6, 6.07) is 0. The van der Waals surface area contributed by atoms with E-state index in [0.717, 1.165) is 19.3 Å². The van der Waals surface area contributed by atoms with Crippen molar-refractivity contribution in [1.29, 1.82) is 0 Å². The van der Waals surface area contributed by atoms with Crippen LogP contribution in [0.1, 0.15) is 53.4 Å². The highest BCUT2D eigenvalue weighted by Crippen LogP contribution is 2.27. The second-order valence-corrected chi connectivity index (χ2v) is 5.18. The van der Waals surface area contributed by atoms with E-state index >= 15 is 0 Å². The van der Waals surface area contributed by atoms with Gasteiger partial charge in [-0.2, -0.15) is 0 Å². The normalized spacial score (nSPS) is 25.0. The van der Waals surface area contributed by atoms with E-state index in [-0.39, 0.29) is 12.6 Å². The molecule has 0 aromatic rings. The fourth-order valence-corrected chi connectivity index (χ4v) is 1.54. The van der Waals surface area contributed by atoms with Gasteiger partial charge in [0, 0.05) is 0 Å². The Kier molecular flexibility index (Phi) is 4.33. The molecule has 1 fully saturated rings. The molecule has 0 radical (unpaired) electrons. The molecular formula is C12H22O4. The van der Waals surface area contributed by atoms with Crippen LogP contribution in [0.4, 0.5) is 0 Å². The first kappa shape index (κ1) is 13.5. The number of rotatable bonds is 6. The number of hydrogen-bond donors (Lipinski definition) is 0. The summed E-state index contributed by atoms with van der Waals surface area (Å²) in [5.74, 6) is -0.333. The van der Waals surface area contributed by atoms with E-state index in [9.17, 15) is 4.79 Å². The Hall–Kier alpha value is -0.610. The second kappa shape index (κ2) is 5.15. The third-order valence-corrected chi connectivity index (χ3v) is 2.76. The second-order valence-electron chi connectivity index (χ2n) is 5.18. The lowest BCUT2D eigenvalue weighted by Gasteiger charge is -2.36. The SMILES string of the molecule is CCCCCC(C)(C)OC(=O)C1(C)COO1. The summed E-state index contributed by atoms with van der Waals surface area (Å²) in [4.78, 5) is 21.1. The molecule has 1 saturated heterocycles. The van der Waals surface area contributed by atoms with Crippen molar-refractivity contribution in [1.82, 2.24) is 0 Å². The highest BCUT2D eigenvalue weighted by atomic mass is 17.2. The fraction of sp³-hybridized carbons (Fsp3) is 0.917. The smallest absolute Gasteiger partial charge is 0.344 e. The number of carbonyl (C=O) groups is 1. The van der Waals surface area contributed by atoms with Crippen molar-refractivity contribution in [2.75, 3.05) is 6.61 Å².